The van der Waals surface area contributed by atoms with Crippen LogP contribution in [0.2, 0.25) is 0 Å². The first-order valence-electron chi connectivity index (χ1n) is 0.651. The van der Waals surface area contributed by atoms with Gasteiger partial charge in [0.15, 0.2) is 0 Å². The summed E-state index contributed by atoms with van der Waals surface area (Å²) in [5, 5.41) is 13.9. The van der Waals surface area contributed by atoms with Crippen LogP contribution in [0.1, 0.15) is 0 Å². The molecule has 0 saturated heterocycles. The first-order valence-corrected chi connectivity index (χ1v) is 0.651. The van der Waals surface area contributed by atoms with Gasteiger partial charge in [0.2, 0.25) is 0 Å². The fourth-order valence-electron chi connectivity index (χ4n) is 0. The third-order valence-corrected chi connectivity index (χ3v) is 0. The van der Waals surface area contributed by atoms with Crippen LogP contribution in [0.25, 0.3) is 0 Å². The van der Waals surface area contributed by atoms with Crippen molar-refractivity contribution in [2.45, 2.75) is 0 Å². The Labute approximate surface area is 56.8 Å². The molecule has 0 amide bonds. The maximum atomic E-state index is 8.56. The van der Waals surface area contributed by atoms with E-state index in [1.807, 2.05) is 0 Å². The molecule has 0 radical (unpaired) electrons. The molecule has 0 rings (SSSR count). The Balaban J connectivity index is -0.0000000450. The average molecular weight is 129 g/mol. The minimum absolute atomic E-state index is 0. The molecule has 0 aliphatic heterocycles. The first kappa shape index (κ1) is 16.2. The Bertz CT molecular complexity index is 33.8. The van der Waals surface area contributed by atoms with Crippen LogP contribution in [-0.4, -0.2) is 35.2 Å². The number of hydrogen-bond donors (Lipinski definition) is 2. The quantitative estimate of drug-likeness (QED) is 0.436. The second-order valence-corrected chi connectivity index (χ2v) is 0.283. The van der Waals surface area contributed by atoms with Gasteiger partial charge in [-0.3, -0.25) is 0 Å². The van der Waals surface area contributed by atoms with Crippen LogP contribution in [-0.2, 0) is 16.5 Å². The number of carbonyl (C=O) groups is 1. The Morgan fingerprint density at radius 3 is 1.33 bits per heavy atom. The number of carboxylic acid groups (broad SMARTS) is 2. The van der Waals surface area contributed by atoms with Gasteiger partial charge >= 0.3 is 25.0 Å². The van der Waals surface area contributed by atoms with Gasteiger partial charge in [-0.15, -0.1) is 0 Å². The predicted octanol–water partition coefficient (Wildman–Crippen LogP) is -0.429. The standard InChI is InChI=1S/CH2O3.Li.Ni.H/c2-1(3)4;;;/h(H2,2,3,4);;;. The van der Waals surface area contributed by atoms with Crippen LogP contribution >= 0.6 is 0 Å². The second kappa shape index (κ2) is 9.03. The van der Waals surface area contributed by atoms with Gasteiger partial charge in [-0.05, 0) is 0 Å². The summed E-state index contributed by atoms with van der Waals surface area (Å²) in [5.74, 6) is 0. The smallest absolute Gasteiger partial charge is 0 e. The maximum Gasteiger partial charge on any atom is 0 e. The molecule has 2 N–H and O–H groups in total. The molecule has 0 heterocycles. The molecule has 0 aromatic heterocycles. The number of hydrogen-bond acceptors (Lipinski definition) is 1. The van der Waals surface area contributed by atoms with E-state index in [-0.39, 0.29) is 35.4 Å². The summed E-state index contributed by atoms with van der Waals surface area (Å²) in [6, 6.07) is 0. The zero-order valence-corrected chi connectivity index (χ0v) is 3.11. The Morgan fingerprint density at radius 2 is 1.33 bits per heavy atom. The van der Waals surface area contributed by atoms with Gasteiger partial charge in [0.1, 0.15) is 0 Å². The van der Waals surface area contributed by atoms with E-state index >= 15 is 0 Å². The summed E-state index contributed by atoms with van der Waals surface area (Å²) < 4.78 is 0. The molecule has 36 valence electrons. The molecule has 0 aliphatic carbocycles. The molecule has 0 fully saturated rings. The van der Waals surface area contributed by atoms with Crippen molar-refractivity contribution in [3.8, 4) is 0 Å². The van der Waals surface area contributed by atoms with Gasteiger partial charge in [0.25, 0.3) is 0 Å². The molecular weight excluding hydrogens is 126 g/mol. The average Bonchev–Trinajstić information content (AvgIpc) is 0.811. The summed E-state index contributed by atoms with van der Waals surface area (Å²) in [5.41, 5.74) is 0. The Hall–Kier alpha value is 0.361. The van der Waals surface area contributed by atoms with Gasteiger partial charge in [-0.2, -0.15) is 0 Å². The summed E-state index contributed by atoms with van der Waals surface area (Å²) >= 11 is 0. The van der Waals surface area contributed by atoms with Crippen molar-refractivity contribution in [1.29, 1.82) is 0 Å². The van der Waals surface area contributed by atoms with Gasteiger partial charge in [-0.1, -0.05) is 0 Å². The van der Waals surface area contributed by atoms with Crippen molar-refractivity contribution in [2.75, 3.05) is 0 Å². The van der Waals surface area contributed by atoms with E-state index in [9.17, 15) is 0 Å². The van der Waals surface area contributed by atoms with E-state index < -0.39 is 6.16 Å². The molecular formula is CH3LiNiO3. The molecule has 6 heavy (non-hydrogen) atoms. The van der Waals surface area contributed by atoms with Crippen molar-refractivity contribution < 1.29 is 31.5 Å². The molecule has 0 spiro atoms. The fraction of sp³-hybridized carbons (Fsp3) is 0. The third kappa shape index (κ3) is 378. The molecule has 0 unspecified atom stereocenters. The molecule has 0 aromatic rings. The fourth-order valence-corrected chi connectivity index (χ4v) is 0. The van der Waals surface area contributed by atoms with Crippen molar-refractivity contribution in [1.82, 2.24) is 0 Å². The van der Waals surface area contributed by atoms with E-state index in [0.29, 0.717) is 0 Å². The molecule has 0 saturated carbocycles. The van der Waals surface area contributed by atoms with Crippen molar-refractivity contribution in [3.63, 3.8) is 0 Å². The van der Waals surface area contributed by atoms with E-state index in [2.05, 4.69) is 0 Å². The van der Waals surface area contributed by atoms with Crippen LogP contribution in [0.15, 0.2) is 0 Å². The van der Waals surface area contributed by atoms with Crippen molar-refractivity contribution in [3.05, 3.63) is 0 Å². The molecule has 0 aromatic carbocycles. The summed E-state index contributed by atoms with van der Waals surface area (Å²) in [7, 11) is 0. The molecule has 0 bridgehead atoms. The summed E-state index contributed by atoms with van der Waals surface area (Å²) in [6.45, 7) is 0. The monoisotopic (exact) mass is 128 g/mol. The van der Waals surface area contributed by atoms with Crippen LogP contribution in [0, 0.1) is 0 Å². The van der Waals surface area contributed by atoms with Crippen molar-refractivity contribution >= 4 is 25.0 Å². The second-order valence-electron chi connectivity index (χ2n) is 0.283. The normalized spacial score (nSPS) is 4.00. The summed E-state index contributed by atoms with van der Waals surface area (Å²) in [4.78, 5) is 8.56. The molecule has 0 atom stereocenters. The SMILES string of the molecule is O=C(O)O.[LiH].[Ni]. The third-order valence-electron chi connectivity index (χ3n) is 0. The minimum atomic E-state index is -1.83. The van der Waals surface area contributed by atoms with E-state index in [1.54, 1.807) is 0 Å². The van der Waals surface area contributed by atoms with Gasteiger partial charge in [0, 0.05) is 16.5 Å². The van der Waals surface area contributed by atoms with Crippen LogP contribution in [0.4, 0.5) is 4.79 Å². The Morgan fingerprint density at radius 1 is 1.33 bits per heavy atom. The topological polar surface area (TPSA) is 57.5 Å². The van der Waals surface area contributed by atoms with E-state index in [1.165, 1.54) is 0 Å². The zero-order valence-electron chi connectivity index (χ0n) is 2.12. The largest absolute Gasteiger partial charge is 0 e. The van der Waals surface area contributed by atoms with Crippen molar-refractivity contribution in [2.24, 2.45) is 0 Å². The van der Waals surface area contributed by atoms with Gasteiger partial charge < -0.3 is 10.2 Å². The Kier molecular flexibility index (Phi) is 24.3. The molecule has 0 aliphatic rings. The molecule has 5 heteroatoms. The van der Waals surface area contributed by atoms with Crippen LogP contribution in [0.5, 0.6) is 0 Å². The number of rotatable bonds is 0. The first-order chi connectivity index (χ1) is 1.73. The van der Waals surface area contributed by atoms with E-state index in [4.69, 9.17) is 15.0 Å². The molecule has 3 nitrogen and oxygen atoms in total. The van der Waals surface area contributed by atoms with Crippen LogP contribution in [0.3, 0.4) is 0 Å². The maximum absolute atomic E-state index is 8.56. The van der Waals surface area contributed by atoms with Gasteiger partial charge in [0.05, 0.1) is 0 Å². The van der Waals surface area contributed by atoms with E-state index in [0.717, 1.165) is 0 Å². The van der Waals surface area contributed by atoms with Crippen LogP contribution < -0.4 is 0 Å². The summed E-state index contributed by atoms with van der Waals surface area (Å²) in [6.07, 6.45) is -1.83. The zero-order chi connectivity index (χ0) is 3.58. The minimum Gasteiger partial charge on any atom is 0 e. The van der Waals surface area contributed by atoms with Gasteiger partial charge in [-0.25, -0.2) is 4.79 Å². The predicted molar refractivity (Wildman–Crippen MR) is 17.8 cm³/mol.